The van der Waals surface area contributed by atoms with Crippen molar-refractivity contribution in [2.24, 2.45) is 0 Å². The molecule has 1 heterocycles. The Labute approximate surface area is 89.5 Å². The van der Waals surface area contributed by atoms with E-state index in [1.165, 1.54) is 18.5 Å². The number of H-pyrrole nitrogens is 1. The van der Waals surface area contributed by atoms with E-state index in [4.69, 9.17) is 10.00 Å². The van der Waals surface area contributed by atoms with Gasteiger partial charge >= 0.3 is 0 Å². The normalized spacial score (nSPS) is 10.6. The second-order valence-corrected chi connectivity index (χ2v) is 3.08. The maximum Gasteiger partial charge on any atom is 0.272 e. The van der Waals surface area contributed by atoms with Gasteiger partial charge < -0.3 is 9.72 Å². The molecule has 0 saturated heterocycles. The second kappa shape index (κ2) is 4.14. The lowest BCUT2D eigenvalue weighted by atomic mass is 10.2. The van der Waals surface area contributed by atoms with Gasteiger partial charge in [0, 0.05) is 6.07 Å². The largest absolute Gasteiger partial charge is 0.486 e. The number of ether oxygens (including phenoxy) is 1. The lowest BCUT2D eigenvalue weighted by Crippen LogP contribution is -2.07. The predicted octanol–water partition coefficient (Wildman–Crippen LogP) is 2.08. The smallest absolute Gasteiger partial charge is 0.272 e. The highest BCUT2D eigenvalue weighted by atomic mass is 19.3. The van der Waals surface area contributed by atoms with Gasteiger partial charge in [-0.15, -0.1) is 0 Å². The molecule has 0 spiro atoms. The molecule has 1 aromatic heterocycles. The van der Waals surface area contributed by atoms with E-state index in [2.05, 4.69) is 9.97 Å². The number of nitrogens with one attached hydrogen (secondary N) is 1. The summed E-state index contributed by atoms with van der Waals surface area (Å²) in [6.07, 6.45) is -1.11. The Morgan fingerprint density at radius 1 is 1.50 bits per heavy atom. The Morgan fingerprint density at radius 3 is 3.00 bits per heavy atom. The molecule has 0 aliphatic carbocycles. The van der Waals surface area contributed by atoms with Gasteiger partial charge in [0.05, 0.1) is 22.9 Å². The molecule has 2 aromatic rings. The van der Waals surface area contributed by atoms with Gasteiger partial charge in [-0.25, -0.2) is 13.8 Å². The van der Waals surface area contributed by atoms with Crippen LogP contribution >= 0.6 is 0 Å². The molecular weight excluding hydrogens is 216 g/mol. The minimum atomic E-state index is -2.57. The van der Waals surface area contributed by atoms with Gasteiger partial charge in [-0.2, -0.15) is 5.26 Å². The molecule has 0 atom stereocenters. The molecule has 0 fully saturated rings. The van der Waals surface area contributed by atoms with Crippen molar-refractivity contribution < 1.29 is 13.5 Å². The lowest BCUT2D eigenvalue weighted by Gasteiger charge is -2.06. The third-order valence-corrected chi connectivity index (χ3v) is 2.01. The van der Waals surface area contributed by atoms with E-state index in [0.717, 1.165) is 0 Å². The van der Waals surface area contributed by atoms with Crippen molar-refractivity contribution in [2.45, 2.75) is 6.43 Å². The number of aromatic amines is 1. The molecule has 82 valence electrons. The fourth-order valence-corrected chi connectivity index (χ4v) is 1.32. The summed E-state index contributed by atoms with van der Waals surface area (Å²) in [6.45, 7) is -0.732. The van der Waals surface area contributed by atoms with Crippen LogP contribution in [0, 0.1) is 11.3 Å². The van der Waals surface area contributed by atoms with Crippen LogP contribution in [-0.4, -0.2) is 23.0 Å². The number of rotatable bonds is 3. The molecule has 6 heteroatoms. The van der Waals surface area contributed by atoms with Crippen molar-refractivity contribution in [3.05, 3.63) is 24.0 Å². The minimum absolute atomic E-state index is 0.127. The summed E-state index contributed by atoms with van der Waals surface area (Å²) in [7, 11) is 0. The number of fused-ring (bicyclic) bond motifs is 1. The summed E-state index contributed by atoms with van der Waals surface area (Å²) in [4.78, 5) is 6.77. The summed E-state index contributed by atoms with van der Waals surface area (Å²) in [5, 5.41) is 8.83. The van der Waals surface area contributed by atoms with Gasteiger partial charge in [0.25, 0.3) is 6.43 Å². The molecule has 0 bridgehead atoms. The van der Waals surface area contributed by atoms with Crippen LogP contribution in [0.1, 0.15) is 5.56 Å². The number of alkyl halides is 2. The standard InChI is InChI=1S/C10H7F2N3O/c11-10(12)4-16-9-2-8-7(14-5-15-8)1-6(9)3-13/h1-2,5,10H,4H2,(H,14,15). The molecule has 4 nitrogen and oxygen atoms in total. The van der Waals surface area contributed by atoms with Crippen molar-refractivity contribution >= 4 is 11.0 Å². The first-order valence-corrected chi connectivity index (χ1v) is 4.49. The summed E-state index contributed by atoms with van der Waals surface area (Å²) in [5.41, 5.74) is 1.45. The average molecular weight is 223 g/mol. The van der Waals surface area contributed by atoms with Gasteiger partial charge in [-0.1, -0.05) is 0 Å². The van der Waals surface area contributed by atoms with Gasteiger partial charge in [-0.05, 0) is 6.07 Å². The average Bonchev–Trinajstić information content (AvgIpc) is 2.71. The monoisotopic (exact) mass is 223 g/mol. The number of nitriles is 1. The number of aromatic nitrogens is 2. The maximum absolute atomic E-state index is 12.0. The fourth-order valence-electron chi connectivity index (χ4n) is 1.32. The quantitative estimate of drug-likeness (QED) is 0.866. The first-order valence-electron chi connectivity index (χ1n) is 4.49. The number of hydrogen-bond acceptors (Lipinski definition) is 3. The highest BCUT2D eigenvalue weighted by Crippen LogP contribution is 2.23. The summed E-state index contributed by atoms with van der Waals surface area (Å²) in [5.74, 6) is 0.127. The Balaban J connectivity index is 2.38. The van der Waals surface area contributed by atoms with Crippen LogP contribution in [0.2, 0.25) is 0 Å². The molecular formula is C10H7F2N3O. The maximum atomic E-state index is 12.0. The highest BCUT2D eigenvalue weighted by Gasteiger charge is 2.10. The highest BCUT2D eigenvalue weighted by molar-refractivity contribution is 5.78. The number of benzene rings is 1. The number of nitrogens with zero attached hydrogens (tertiary/aromatic N) is 2. The number of hydrogen-bond donors (Lipinski definition) is 1. The molecule has 0 aliphatic heterocycles. The SMILES string of the molecule is N#Cc1cc2[nH]cnc2cc1OCC(F)F. The zero-order valence-electron chi connectivity index (χ0n) is 8.08. The molecule has 1 aromatic carbocycles. The first kappa shape index (κ1) is 10.4. The molecule has 0 saturated carbocycles. The zero-order valence-corrected chi connectivity index (χ0v) is 8.08. The molecule has 0 aliphatic rings. The molecule has 0 radical (unpaired) electrons. The van der Waals surface area contributed by atoms with E-state index in [-0.39, 0.29) is 11.3 Å². The van der Waals surface area contributed by atoms with Crippen LogP contribution in [0.15, 0.2) is 18.5 Å². The van der Waals surface area contributed by atoms with Crippen LogP contribution in [0.25, 0.3) is 11.0 Å². The van der Waals surface area contributed by atoms with Gasteiger partial charge in [0.2, 0.25) is 0 Å². The van der Waals surface area contributed by atoms with Gasteiger partial charge in [0.15, 0.2) is 0 Å². The molecule has 0 amide bonds. The summed E-state index contributed by atoms with van der Waals surface area (Å²) >= 11 is 0. The summed E-state index contributed by atoms with van der Waals surface area (Å²) < 4.78 is 28.8. The van der Waals surface area contributed by atoms with Crippen LogP contribution in [-0.2, 0) is 0 Å². The van der Waals surface area contributed by atoms with Crippen molar-refractivity contribution in [3.63, 3.8) is 0 Å². The molecule has 16 heavy (non-hydrogen) atoms. The Morgan fingerprint density at radius 2 is 2.31 bits per heavy atom. The zero-order chi connectivity index (χ0) is 11.5. The molecule has 0 unspecified atom stereocenters. The van der Waals surface area contributed by atoms with E-state index in [1.807, 2.05) is 6.07 Å². The van der Waals surface area contributed by atoms with E-state index in [9.17, 15) is 8.78 Å². The fraction of sp³-hybridized carbons (Fsp3) is 0.200. The van der Waals surface area contributed by atoms with Gasteiger partial charge in [-0.3, -0.25) is 0 Å². The molecule has 2 rings (SSSR count). The number of imidazole rings is 1. The van der Waals surface area contributed by atoms with E-state index < -0.39 is 13.0 Å². The second-order valence-electron chi connectivity index (χ2n) is 3.08. The third-order valence-electron chi connectivity index (χ3n) is 2.01. The van der Waals surface area contributed by atoms with Crippen LogP contribution in [0.4, 0.5) is 8.78 Å². The van der Waals surface area contributed by atoms with Crippen molar-refractivity contribution in [3.8, 4) is 11.8 Å². The predicted molar refractivity (Wildman–Crippen MR) is 52.3 cm³/mol. The summed E-state index contributed by atoms with van der Waals surface area (Å²) in [6, 6.07) is 4.87. The van der Waals surface area contributed by atoms with Crippen molar-refractivity contribution in [1.82, 2.24) is 9.97 Å². The topological polar surface area (TPSA) is 61.7 Å². The van der Waals surface area contributed by atoms with Crippen molar-refractivity contribution in [2.75, 3.05) is 6.61 Å². The first-order chi connectivity index (χ1) is 7.70. The van der Waals surface area contributed by atoms with E-state index in [0.29, 0.717) is 11.0 Å². The van der Waals surface area contributed by atoms with E-state index >= 15 is 0 Å². The minimum Gasteiger partial charge on any atom is -0.486 e. The van der Waals surface area contributed by atoms with Gasteiger partial charge in [0.1, 0.15) is 18.4 Å². The van der Waals surface area contributed by atoms with Crippen molar-refractivity contribution in [1.29, 1.82) is 5.26 Å². The lowest BCUT2D eigenvalue weighted by molar-refractivity contribution is 0.0818. The van der Waals surface area contributed by atoms with E-state index in [1.54, 1.807) is 0 Å². The molecule has 1 N–H and O–H groups in total. The van der Waals surface area contributed by atoms with Crippen LogP contribution < -0.4 is 4.74 Å². The Hall–Kier alpha value is -2.16. The number of halogens is 2. The van der Waals surface area contributed by atoms with Crippen LogP contribution in [0.5, 0.6) is 5.75 Å². The Bertz CT molecular complexity index is 544. The third kappa shape index (κ3) is 1.93. The van der Waals surface area contributed by atoms with Crippen LogP contribution in [0.3, 0.4) is 0 Å². The Kier molecular flexibility index (Phi) is 2.68.